The summed E-state index contributed by atoms with van der Waals surface area (Å²) in [7, 11) is 0. The maximum atomic E-state index is 12.6. The third kappa shape index (κ3) is 5.00. The predicted molar refractivity (Wildman–Crippen MR) is 65.2 cm³/mol. The van der Waals surface area contributed by atoms with Gasteiger partial charge in [-0.25, -0.2) is 0 Å². The molecule has 0 aromatic rings. The molecule has 0 aromatic carbocycles. The molecular weight excluding hydrogens is 257 g/mol. The number of rotatable bonds is 5. The fourth-order valence-electron chi connectivity index (χ4n) is 2.88. The summed E-state index contributed by atoms with van der Waals surface area (Å²) in [6.07, 6.45) is -1.20. The van der Waals surface area contributed by atoms with Crippen molar-refractivity contribution in [3.63, 3.8) is 0 Å². The van der Waals surface area contributed by atoms with Gasteiger partial charge in [-0.05, 0) is 25.2 Å². The van der Waals surface area contributed by atoms with E-state index >= 15 is 0 Å². The van der Waals surface area contributed by atoms with Crippen LogP contribution in [0.4, 0.5) is 13.2 Å². The van der Waals surface area contributed by atoms with Crippen LogP contribution in [0.25, 0.3) is 0 Å². The van der Waals surface area contributed by atoms with Gasteiger partial charge in [-0.2, -0.15) is 18.4 Å². The summed E-state index contributed by atoms with van der Waals surface area (Å²) >= 11 is 0. The highest BCUT2D eigenvalue weighted by molar-refractivity contribution is 4.97. The number of alkyl halides is 3. The first kappa shape index (κ1) is 16.3. The van der Waals surface area contributed by atoms with Gasteiger partial charge < -0.3 is 5.11 Å². The standard InChI is InChI=1S/C13H21F3N2O/c1-2-10-3-4-11(8-17)12(7-10)18(5-6-19)9-13(14,15)16/h10-12,19H,2-7,9H2,1H3. The van der Waals surface area contributed by atoms with Crippen LogP contribution in [0.1, 0.15) is 32.6 Å². The number of aliphatic hydroxyl groups excluding tert-OH is 1. The minimum atomic E-state index is -4.30. The first-order chi connectivity index (χ1) is 8.91. The van der Waals surface area contributed by atoms with Crippen molar-refractivity contribution in [2.45, 2.75) is 44.8 Å². The Morgan fingerprint density at radius 1 is 1.37 bits per heavy atom. The molecule has 0 aliphatic heterocycles. The van der Waals surface area contributed by atoms with Crippen LogP contribution in [-0.4, -0.2) is 41.9 Å². The van der Waals surface area contributed by atoms with E-state index < -0.39 is 18.8 Å². The fraction of sp³-hybridized carbons (Fsp3) is 0.923. The van der Waals surface area contributed by atoms with Gasteiger partial charge in [0.25, 0.3) is 0 Å². The summed E-state index contributed by atoms with van der Waals surface area (Å²) in [6.45, 7) is 0.627. The quantitative estimate of drug-likeness (QED) is 0.840. The lowest BCUT2D eigenvalue weighted by Crippen LogP contribution is -2.49. The topological polar surface area (TPSA) is 47.3 Å². The molecule has 1 saturated carbocycles. The van der Waals surface area contributed by atoms with Crippen molar-refractivity contribution < 1.29 is 18.3 Å². The molecule has 0 saturated heterocycles. The van der Waals surface area contributed by atoms with E-state index in [9.17, 15) is 13.2 Å². The largest absolute Gasteiger partial charge is 0.401 e. The number of hydrogen-bond donors (Lipinski definition) is 1. The SMILES string of the molecule is CCC1CCC(C#N)C(N(CCO)CC(F)(F)F)C1. The van der Waals surface area contributed by atoms with Crippen molar-refractivity contribution in [2.24, 2.45) is 11.8 Å². The summed E-state index contributed by atoms with van der Waals surface area (Å²) in [5, 5.41) is 18.1. The molecule has 1 aliphatic rings. The van der Waals surface area contributed by atoms with Gasteiger partial charge in [0.05, 0.1) is 25.1 Å². The molecular formula is C13H21F3N2O. The molecule has 6 heteroatoms. The van der Waals surface area contributed by atoms with Gasteiger partial charge in [0.15, 0.2) is 0 Å². The van der Waals surface area contributed by atoms with Gasteiger partial charge in [0.1, 0.15) is 0 Å². The third-order valence-electron chi connectivity index (χ3n) is 3.91. The zero-order chi connectivity index (χ0) is 14.5. The molecule has 0 aromatic heterocycles. The summed E-state index contributed by atoms with van der Waals surface area (Å²) < 4.78 is 37.8. The Labute approximate surface area is 112 Å². The first-order valence-corrected chi connectivity index (χ1v) is 6.72. The van der Waals surface area contributed by atoms with Crippen molar-refractivity contribution in [1.29, 1.82) is 5.26 Å². The van der Waals surface area contributed by atoms with Crippen molar-refractivity contribution in [1.82, 2.24) is 4.90 Å². The van der Waals surface area contributed by atoms with E-state index in [1.807, 2.05) is 6.92 Å². The first-order valence-electron chi connectivity index (χ1n) is 6.72. The zero-order valence-electron chi connectivity index (χ0n) is 11.2. The molecule has 0 amide bonds. The molecule has 0 spiro atoms. The highest BCUT2D eigenvalue weighted by Gasteiger charge is 2.39. The minimum Gasteiger partial charge on any atom is -0.395 e. The van der Waals surface area contributed by atoms with Gasteiger partial charge in [-0.15, -0.1) is 0 Å². The maximum Gasteiger partial charge on any atom is 0.401 e. The second-order valence-corrected chi connectivity index (χ2v) is 5.20. The van der Waals surface area contributed by atoms with E-state index in [0.717, 1.165) is 12.8 Å². The fourth-order valence-corrected chi connectivity index (χ4v) is 2.88. The van der Waals surface area contributed by atoms with Crippen LogP contribution in [0.2, 0.25) is 0 Å². The van der Waals surface area contributed by atoms with Gasteiger partial charge in [0, 0.05) is 12.6 Å². The van der Waals surface area contributed by atoms with Crippen LogP contribution in [0, 0.1) is 23.2 Å². The van der Waals surface area contributed by atoms with Crippen LogP contribution in [-0.2, 0) is 0 Å². The van der Waals surface area contributed by atoms with Crippen LogP contribution in [0.3, 0.4) is 0 Å². The molecule has 1 fully saturated rings. The number of halogens is 3. The maximum absolute atomic E-state index is 12.6. The van der Waals surface area contributed by atoms with E-state index in [2.05, 4.69) is 6.07 Å². The van der Waals surface area contributed by atoms with Crippen molar-refractivity contribution in [3.05, 3.63) is 0 Å². The van der Waals surface area contributed by atoms with Crippen LogP contribution >= 0.6 is 0 Å². The van der Waals surface area contributed by atoms with Crippen molar-refractivity contribution in [2.75, 3.05) is 19.7 Å². The van der Waals surface area contributed by atoms with E-state index in [0.29, 0.717) is 18.8 Å². The average Bonchev–Trinajstić information content (AvgIpc) is 2.36. The Hall–Kier alpha value is -0.800. The lowest BCUT2D eigenvalue weighted by atomic mass is 9.77. The zero-order valence-corrected chi connectivity index (χ0v) is 11.2. The normalized spacial score (nSPS) is 28.4. The second kappa shape index (κ2) is 7.11. The Bertz CT molecular complexity index is 314. The van der Waals surface area contributed by atoms with E-state index in [4.69, 9.17) is 10.4 Å². The van der Waals surface area contributed by atoms with E-state index in [-0.39, 0.29) is 19.1 Å². The predicted octanol–water partition coefficient (Wildman–Crippen LogP) is 2.56. The molecule has 19 heavy (non-hydrogen) atoms. The van der Waals surface area contributed by atoms with Gasteiger partial charge >= 0.3 is 6.18 Å². The van der Waals surface area contributed by atoms with Crippen LogP contribution < -0.4 is 0 Å². The van der Waals surface area contributed by atoms with Gasteiger partial charge in [0.2, 0.25) is 0 Å². The molecule has 3 unspecified atom stereocenters. The number of nitriles is 1. The monoisotopic (exact) mass is 278 g/mol. The Morgan fingerprint density at radius 2 is 2.05 bits per heavy atom. The molecule has 1 aliphatic carbocycles. The Kier molecular flexibility index (Phi) is 6.08. The summed E-state index contributed by atoms with van der Waals surface area (Å²) in [4.78, 5) is 1.23. The van der Waals surface area contributed by atoms with Crippen molar-refractivity contribution in [3.8, 4) is 6.07 Å². The van der Waals surface area contributed by atoms with Crippen LogP contribution in [0.5, 0.6) is 0 Å². The Balaban J connectivity index is 2.80. The highest BCUT2D eigenvalue weighted by Crippen LogP contribution is 2.34. The molecule has 1 N–H and O–H groups in total. The molecule has 0 bridgehead atoms. The van der Waals surface area contributed by atoms with E-state index in [1.165, 1.54) is 4.90 Å². The van der Waals surface area contributed by atoms with Crippen molar-refractivity contribution >= 4 is 0 Å². The molecule has 0 radical (unpaired) electrons. The van der Waals surface area contributed by atoms with E-state index in [1.54, 1.807) is 0 Å². The Morgan fingerprint density at radius 3 is 2.53 bits per heavy atom. The average molecular weight is 278 g/mol. The molecule has 1 rings (SSSR count). The van der Waals surface area contributed by atoms with Gasteiger partial charge in [-0.1, -0.05) is 13.3 Å². The number of aliphatic hydroxyl groups is 1. The molecule has 110 valence electrons. The molecule has 3 nitrogen and oxygen atoms in total. The lowest BCUT2D eigenvalue weighted by molar-refractivity contribution is -0.155. The molecule has 0 heterocycles. The molecule has 3 atom stereocenters. The summed E-state index contributed by atoms with van der Waals surface area (Å²) in [6, 6.07) is 1.74. The number of nitrogens with zero attached hydrogens (tertiary/aromatic N) is 2. The number of hydrogen-bond acceptors (Lipinski definition) is 3. The smallest absolute Gasteiger partial charge is 0.395 e. The summed E-state index contributed by atoms with van der Waals surface area (Å²) in [5.41, 5.74) is 0. The van der Waals surface area contributed by atoms with Crippen LogP contribution in [0.15, 0.2) is 0 Å². The van der Waals surface area contributed by atoms with Gasteiger partial charge in [-0.3, -0.25) is 4.90 Å². The minimum absolute atomic E-state index is 0.0290. The third-order valence-corrected chi connectivity index (χ3v) is 3.91. The summed E-state index contributed by atoms with van der Waals surface area (Å²) in [5.74, 6) is 0.0146. The lowest BCUT2D eigenvalue weighted by Gasteiger charge is -2.40. The highest BCUT2D eigenvalue weighted by atomic mass is 19.4. The second-order valence-electron chi connectivity index (χ2n) is 5.20.